The van der Waals surface area contributed by atoms with E-state index in [1.807, 2.05) is 6.07 Å². The van der Waals surface area contributed by atoms with Gasteiger partial charge in [0, 0.05) is 10.5 Å². The summed E-state index contributed by atoms with van der Waals surface area (Å²) in [5, 5.41) is 9.21. The first-order valence-electron chi connectivity index (χ1n) is 6.40. The summed E-state index contributed by atoms with van der Waals surface area (Å²) in [7, 11) is 1.42. The van der Waals surface area contributed by atoms with Gasteiger partial charge in [-0.2, -0.15) is 5.26 Å². The number of halogens is 2. The Morgan fingerprint density at radius 1 is 1.22 bits per heavy atom. The maximum atomic E-state index is 11.9. The molecule has 2 aromatic carbocycles. The van der Waals surface area contributed by atoms with Gasteiger partial charge in [-0.05, 0) is 30.3 Å². The monoisotopic (exact) mass is 395 g/mol. The number of nitrogens with zero attached hydrogens (tertiary/aromatic N) is 1. The Morgan fingerprint density at radius 2 is 1.96 bits per heavy atom. The van der Waals surface area contributed by atoms with Crippen molar-refractivity contribution < 1.29 is 19.0 Å². The number of methoxy groups -OCH3 is 1. The molecule has 0 bridgehead atoms. The third-order valence-electron chi connectivity index (χ3n) is 2.76. The molecule has 0 spiro atoms. The molecule has 0 aliphatic carbocycles. The molecule has 7 heteroatoms. The fourth-order valence-electron chi connectivity index (χ4n) is 1.70. The first-order chi connectivity index (χ1) is 11.0. The first-order valence-corrected chi connectivity index (χ1v) is 7.57. The van der Waals surface area contributed by atoms with Crippen molar-refractivity contribution in [2.75, 3.05) is 13.7 Å². The second-order valence-electron chi connectivity index (χ2n) is 4.31. The predicted octanol–water partition coefficient (Wildman–Crippen LogP) is 3.97. The summed E-state index contributed by atoms with van der Waals surface area (Å²) in [6.45, 7) is -0.315. The Bertz CT molecular complexity index is 773. The van der Waals surface area contributed by atoms with Crippen molar-refractivity contribution in [3.05, 3.63) is 51.5 Å². The Balaban J connectivity index is 2.01. The maximum Gasteiger partial charge on any atom is 0.349 e. The lowest BCUT2D eigenvalue weighted by Gasteiger charge is -2.11. The van der Waals surface area contributed by atoms with Crippen LogP contribution in [0.4, 0.5) is 0 Å². The Morgan fingerprint density at radius 3 is 2.61 bits per heavy atom. The van der Waals surface area contributed by atoms with Gasteiger partial charge in [0.2, 0.25) is 0 Å². The molecule has 2 rings (SSSR count). The van der Waals surface area contributed by atoms with Crippen molar-refractivity contribution in [3.63, 3.8) is 0 Å². The molecule has 0 saturated carbocycles. The van der Waals surface area contributed by atoms with Crippen LogP contribution in [0.5, 0.6) is 17.2 Å². The molecule has 0 heterocycles. The van der Waals surface area contributed by atoms with E-state index >= 15 is 0 Å². The van der Waals surface area contributed by atoms with E-state index in [2.05, 4.69) is 15.9 Å². The normalized spacial score (nSPS) is 9.83. The minimum Gasteiger partial charge on any atom is -0.493 e. The van der Waals surface area contributed by atoms with Crippen LogP contribution in [0, 0.1) is 11.3 Å². The number of carbonyl (C=O) groups is 1. The van der Waals surface area contributed by atoms with Crippen LogP contribution in [0.2, 0.25) is 5.02 Å². The topological polar surface area (TPSA) is 68.5 Å². The number of ether oxygens (including phenoxy) is 3. The molecule has 0 unspecified atom stereocenters. The highest BCUT2D eigenvalue weighted by atomic mass is 79.9. The van der Waals surface area contributed by atoms with Gasteiger partial charge in [0.1, 0.15) is 5.75 Å². The second kappa shape index (κ2) is 7.86. The fraction of sp³-hybridized carbons (Fsp3) is 0.125. The predicted molar refractivity (Wildman–Crippen MR) is 88.0 cm³/mol. The van der Waals surface area contributed by atoms with Crippen LogP contribution in [0.3, 0.4) is 0 Å². The zero-order valence-corrected chi connectivity index (χ0v) is 14.3. The third kappa shape index (κ3) is 4.62. The van der Waals surface area contributed by atoms with Gasteiger partial charge >= 0.3 is 5.97 Å². The number of rotatable bonds is 5. The lowest BCUT2D eigenvalue weighted by atomic mass is 10.2. The van der Waals surface area contributed by atoms with E-state index in [0.717, 1.165) is 4.47 Å². The Hall–Kier alpha value is -2.23. The van der Waals surface area contributed by atoms with E-state index in [1.165, 1.54) is 25.3 Å². The summed E-state index contributed by atoms with van der Waals surface area (Å²) < 4.78 is 16.4. The highest BCUT2D eigenvalue weighted by Gasteiger charge is 2.12. The van der Waals surface area contributed by atoms with Crippen LogP contribution < -0.4 is 14.2 Å². The molecule has 0 fully saturated rings. The van der Waals surface area contributed by atoms with Gasteiger partial charge < -0.3 is 14.2 Å². The number of hydrogen-bond acceptors (Lipinski definition) is 5. The molecule has 0 N–H and O–H groups in total. The number of esters is 1. The molecule has 0 radical (unpaired) electrons. The van der Waals surface area contributed by atoms with Gasteiger partial charge in [-0.15, -0.1) is 0 Å². The zero-order chi connectivity index (χ0) is 16.8. The number of nitriles is 1. The molecule has 0 saturated heterocycles. The van der Waals surface area contributed by atoms with Crippen molar-refractivity contribution >= 4 is 33.5 Å². The van der Waals surface area contributed by atoms with E-state index < -0.39 is 5.97 Å². The van der Waals surface area contributed by atoms with Crippen LogP contribution in [0.15, 0.2) is 40.9 Å². The van der Waals surface area contributed by atoms with Gasteiger partial charge in [-0.3, -0.25) is 0 Å². The molecule has 2 aromatic rings. The van der Waals surface area contributed by atoms with Crippen molar-refractivity contribution in [3.8, 4) is 23.3 Å². The van der Waals surface area contributed by atoms with Crippen molar-refractivity contribution in [1.29, 1.82) is 5.26 Å². The van der Waals surface area contributed by atoms with Crippen molar-refractivity contribution in [2.24, 2.45) is 0 Å². The standard InChI is InChI=1S/C16H11BrClNO4/c1-21-15-6-10(8-19)2-4-14(15)23-16(20)9-22-13-5-3-11(17)7-12(13)18/h2-7H,9H2,1H3. The molecule has 118 valence electrons. The van der Waals surface area contributed by atoms with Crippen molar-refractivity contribution in [1.82, 2.24) is 0 Å². The second-order valence-corrected chi connectivity index (χ2v) is 5.64. The summed E-state index contributed by atoms with van der Waals surface area (Å²) in [6.07, 6.45) is 0. The highest BCUT2D eigenvalue weighted by molar-refractivity contribution is 9.10. The summed E-state index contributed by atoms with van der Waals surface area (Å²) in [6, 6.07) is 11.5. The lowest BCUT2D eigenvalue weighted by molar-refractivity contribution is -0.136. The van der Waals surface area contributed by atoms with Crippen LogP contribution in [-0.4, -0.2) is 19.7 Å². The minimum absolute atomic E-state index is 0.210. The molecule has 23 heavy (non-hydrogen) atoms. The number of hydrogen-bond donors (Lipinski definition) is 0. The molecule has 0 aromatic heterocycles. The maximum absolute atomic E-state index is 11.9. The van der Waals surface area contributed by atoms with Crippen LogP contribution in [0.25, 0.3) is 0 Å². The zero-order valence-electron chi connectivity index (χ0n) is 12.0. The van der Waals surface area contributed by atoms with Gasteiger partial charge in [0.05, 0.1) is 23.8 Å². The molecular weight excluding hydrogens is 386 g/mol. The van der Waals surface area contributed by atoms with Gasteiger partial charge in [0.25, 0.3) is 0 Å². The molecule has 0 aliphatic rings. The minimum atomic E-state index is -0.619. The molecule has 0 atom stereocenters. The Labute approximate surface area is 146 Å². The Kier molecular flexibility index (Phi) is 5.85. The van der Waals surface area contributed by atoms with E-state index in [-0.39, 0.29) is 12.4 Å². The van der Waals surface area contributed by atoms with Gasteiger partial charge in [0.15, 0.2) is 18.1 Å². The van der Waals surface area contributed by atoms with E-state index in [0.29, 0.717) is 22.1 Å². The van der Waals surface area contributed by atoms with E-state index in [9.17, 15) is 4.79 Å². The lowest BCUT2D eigenvalue weighted by Crippen LogP contribution is -2.18. The van der Waals surface area contributed by atoms with E-state index in [1.54, 1.807) is 18.2 Å². The molecule has 5 nitrogen and oxygen atoms in total. The third-order valence-corrected chi connectivity index (χ3v) is 3.54. The summed E-state index contributed by atoms with van der Waals surface area (Å²) in [5.74, 6) is 0.256. The molecule has 0 amide bonds. The number of benzene rings is 2. The highest BCUT2D eigenvalue weighted by Crippen LogP contribution is 2.29. The van der Waals surface area contributed by atoms with Crippen LogP contribution in [-0.2, 0) is 4.79 Å². The largest absolute Gasteiger partial charge is 0.493 e. The van der Waals surface area contributed by atoms with Gasteiger partial charge in [-0.25, -0.2) is 4.79 Å². The van der Waals surface area contributed by atoms with E-state index in [4.69, 9.17) is 31.1 Å². The van der Waals surface area contributed by atoms with Crippen LogP contribution >= 0.6 is 27.5 Å². The average Bonchev–Trinajstić information content (AvgIpc) is 2.54. The smallest absolute Gasteiger partial charge is 0.349 e. The SMILES string of the molecule is COc1cc(C#N)ccc1OC(=O)COc1ccc(Br)cc1Cl. The summed E-state index contributed by atoms with van der Waals surface area (Å²) >= 11 is 9.28. The quantitative estimate of drug-likeness (QED) is 0.565. The summed E-state index contributed by atoms with van der Waals surface area (Å²) in [5.41, 5.74) is 0.402. The molecular formula is C16H11BrClNO4. The molecule has 0 aliphatic heterocycles. The number of carbonyl (C=O) groups excluding carboxylic acids is 1. The fourth-order valence-corrected chi connectivity index (χ4v) is 2.43. The van der Waals surface area contributed by atoms with Crippen molar-refractivity contribution in [2.45, 2.75) is 0 Å². The summed E-state index contributed by atoms with van der Waals surface area (Å²) in [4.78, 5) is 11.9. The van der Waals surface area contributed by atoms with Gasteiger partial charge in [-0.1, -0.05) is 27.5 Å². The first kappa shape index (κ1) is 17.1. The average molecular weight is 397 g/mol. The van der Waals surface area contributed by atoms with Crippen LogP contribution in [0.1, 0.15) is 5.56 Å².